The standard InChI is InChI=1S/C32H37N5O3S/c1-2-36-22-24(20-34-36)19-33-21-29(38)27(17-23-9-4-3-5-10-23)35-31(39)25-11-6-12-26(18-25)32(40)37-15-7-13-28(37)30-14-8-16-41-30/h3-6,8-12,14,16,18,20,22,27-29,33,38H,2,7,13,15,17,19,21H2,1H3,(H,35,39)/t27-,28?,29+/m0/s1. The van der Waals surface area contributed by atoms with Gasteiger partial charge in [0.05, 0.1) is 24.4 Å². The Morgan fingerprint density at radius 3 is 2.66 bits per heavy atom. The summed E-state index contributed by atoms with van der Waals surface area (Å²) in [6.07, 6.45) is 5.33. The summed E-state index contributed by atoms with van der Waals surface area (Å²) in [7, 11) is 0. The first-order valence-electron chi connectivity index (χ1n) is 14.2. The molecule has 2 amide bonds. The average molecular weight is 572 g/mol. The number of thiophene rings is 1. The Balaban J connectivity index is 1.26. The topological polar surface area (TPSA) is 99.5 Å². The maximum absolute atomic E-state index is 13.5. The number of aliphatic hydroxyl groups is 1. The van der Waals surface area contributed by atoms with E-state index in [2.05, 4.69) is 21.8 Å². The molecular weight excluding hydrogens is 534 g/mol. The van der Waals surface area contributed by atoms with Crippen molar-refractivity contribution in [1.82, 2.24) is 25.3 Å². The first kappa shape index (κ1) is 28.7. The molecule has 3 atom stereocenters. The van der Waals surface area contributed by atoms with Crippen LogP contribution in [0.25, 0.3) is 0 Å². The Morgan fingerprint density at radius 1 is 1.07 bits per heavy atom. The van der Waals surface area contributed by atoms with Crippen molar-refractivity contribution in [3.8, 4) is 0 Å². The van der Waals surface area contributed by atoms with Crippen LogP contribution in [0.2, 0.25) is 0 Å². The highest BCUT2D eigenvalue weighted by atomic mass is 32.1. The molecule has 1 aliphatic rings. The maximum Gasteiger partial charge on any atom is 0.254 e. The van der Waals surface area contributed by atoms with Crippen LogP contribution in [0, 0.1) is 0 Å². The van der Waals surface area contributed by atoms with E-state index in [0.29, 0.717) is 37.2 Å². The largest absolute Gasteiger partial charge is 0.390 e. The van der Waals surface area contributed by atoms with Crippen molar-refractivity contribution in [3.05, 3.63) is 112 Å². The molecule has 0 radical (unpaired) electrons. The third-order valence-electron chi connectivity index (χ3n) is 7.53. The van der Waals surface area contributed by atoms with Crippen LogP contribution >= 0.6 is 11.3 Å². The molecule has 0 aliphatic carbocycles. The average Bonchev–Trinajstić information content (AvgIpc) is 3.79. The molecule has 3 heterocycles. The number of hydrogen-bond donors (Lipinski definition) is 3. The van der Waals surface area contributed by atoms with Gasteiger partial charge < -0.3 is 20.6 Å². The summed E-state index contributed by atoms with van der Waals surface area (Å²) in [6, 6.07) is 20.3. The van der Waals surface area contributed by atoms with E-state index in [1.807, 2.05) is 70.7 Å². The third-order valence-corrected chi connectivity index (χ3v) is 8.50. The van der Waals surface area contributed by atoms with Crippen LogP contribution in [0.15, 0.2) is 84.5 Å². The number of aliphatic hydroxyl groups excluding tert-OH is 1. The van der Waals surface area contributed by atoms with E-state index in [4.69, 9.17) is 0 Å². The smallest absolute Gasteiger partial charge is 0.254 e. The number of rotatable bonds is 12. The summed E-state index contributed by atoms with van der Waals surface area (Å²) >= 11 is 1.67. The summed E-state index contributed by atoms with van der Waals surface area (Å²) in [5.74, 6) is -0.382. The van der Waals surface area contributed by atoms with Crippen molar-refractivity contribution in [3.63, 3.8) is 0 Å². The van der Waals surface area contributed by atoms with Gasteiger partial charge in [-0.3, -0.25) is 14.3 Å². The fourth-order valence-corrected chi connectivity index (χ4v) is 6.20. The van der Waals surface area contributed by atoms with Crippen molar-refractivity contribution >= 4 is 23.2 Å². The predicted molar refractivity (Wildman–Crippen MR) is 161 cm³/mol. The molecule has 1 fully saturated rings. The lowest BCUT2D eigenvalue weighted by atomic mass is 10.00. The second kappa shape index (κ2) is 13.7. The number of hydrogen-bond acceptors (Lipinski definition) is 6. The molecule has 3 N–H and O–H groups in total. The number of nitrogens with zero attached hydrogens (tertiary/aromatic N) is 3. The minimum absolute atomic E-state index is 0.0629. The van der Waals surface area contributed by atoms with E-state index in [9.17, 15) is 14.7 Å². The lowest BCUT2D eigenvalue weighted by Crippen LogP contribution is -2.48. The number of carbonyl (C=O) groups is 2. The van der Waals surface area contributed by atoms with Crippen molar-refractivity contribution < 1.29 is 14.7 Å². The highest BCUT2D eigenvalue weighted by molar-refractivity contribution is 7.10. The molecule has 0 bridgehead atoms. The number of nitrogens with one attached hydrogen (secondary N) is 2. The summed E-state index contributed by atoms with van der Waals surface area (Å²) < 4.78 is 1.86. The van der Waals surface area contributed by atoms with Gasteiger partial charge in [-0.05, 0) is 61.4 Å². The Labute approximate surface area is 245 Å². The fourth-order valence-electron chi connectivity index (χ4n) is 5.33. The molecule has 5 rings (SSSR count). The highest BCUT2D eigenvalue weighted by Gasteiger charge is 2.31. The van der Waals surface area contributed by atoms with Crippen molar-refractivity contribution in [2.75, 3.05) is 13.1 Å². The minimum Gasteiger partial charge on any atom is -0.390 e. The maximum atomic E-state index is 13.5. The summed E-state index contributed by atoms with van der Waals surface area (Å²) in [5, 5.41) is 23.8. The van der Waals surface area contributed by atoms with Crippen molar-refractivity contribution in [1.29, 1.82) is 0 Å². The third kappa shape index (κ3) is 7.30. The molecule has 8 nitrogen and oxygen atoms in total. The van der Waals surface area contributed by atoms with Crippen LogP contribution in [0.4, 0.5) is 0 Å². The van der Waals surface area contributed by atoms with E-state index in [0.717, 1.165) is 30.5 Å². The van der Waals surface area contributed by atoms with Gasteiger partial charge in [-0.2, -0.15) is 5.10 Å². The monoisotopic (exact) mass is 571 g/mol. The number of aromatic nitrogens is 2. The zero-order valence-corrected chi connectivity index (χ0v) is 24.1. The molecule has 1 aliphatic heterocycles. The Morgan fingerprint density at radius 2 is 1.90 bits per heavy atom. The number of amides is 2. The molecule has 0 spiro atoms. The van der Waals surface area contributed by atoms with Gasteiger partial charge in [0.25, 0.3) is 11.8 Å². The number of likely N-dealkylation sites (tertiary alicyclic amines) is 1. The zero-order valence-electron chi connectivity index (χ0n) is 23.3. The van der Waals surface area contributed by atoms with E-state index >= 15 is 0 Å². The molecular formula is C32H37N5O3S. The SMILES string of the molecule is CCn1cc(CNC[C@@H](O)[C@H](Cc2ccccc2)NC(=O)c2cccc(C(=O)N3CCCC3c3cccs3)c2)cn1. The van der Waals surface area contributed by atoms with Gasteiger partial charge in [-0.15, -0.1) is 11.3 Å². The van der Waals surface area contributed by atoms with E-state index in [1.54, 1.807) is 35.6 Å². The lowest BCUT2D eigenvalue weighted by Gasteiger charge is -2.25. The van der Waals surface area contributed by atoms with Gasteiger partial charge in [0.2, 0.25) is 0 Å². The number of aryl methyl sites for hydroxylation is 1. The number of carbonyl (C=O) groups excluding carboxylic acids is 2. The second-order valence-corrected chi connectivity index (χ2v) is 11.4. The van der Waals surface area contributed by atoms with Crippen molar-refractivity contribution in [2.24, 2.45) is 0 Å². The molecule has 2 aromatic carbocycles. The summed E-state index contributed by atoms with van der Waals surface area (Å²) in [6.45, 7) is 4.40. The fraction of sp³-hybridized carbons (Fsp3) is 0.344. The van der Waals surface area contributed by atoms with Crippen LogP contribution in [-0.2, 0) is 19.5 Å². The molecule has 2 aromatic heterocycles. The molecule has 1 saturated heterocycles. The molecule has 4 aromatic rings. The van der Waals surface area contributed by atoms with Gasteiger partial charge in [0, 0.05) is 53.9 Å². The summed E-state index contributed by atoms with van der Waals surface area (Å²) in [4.78, 5) is 30.1. The van der Waals surface area contributed by atoms with Crippen LogP contribution in [-0.4, -0.2) is 56.8 Å². The second-order valence-electron chi connectivity index (χ2n) is 10.4. The number of benzene rings is 2. The minimum atomic E-state index is -0.832. The van der Waals surface area contributed by atoms with Gasteiger partial charge in [0.1, 0.15) is 0 Å². The highest BCUT2D eigenvalue weighted by Crippen LogP contribution is 2.35. The molecule has 1 unspecified atom stereocenters. The van der Waals surface area contributed by atoms with Gasteiger partial charge in [-0.1, -0.05) is 42.5 Å². The molecule has 0 saturated carbocycles. The predicted octanol–water partition coefficient (Wildman–Crippen LogP) is 4.43. The van der Waals surface area contributed by atoms with Gasteiger partial charge >= 0.3 is 0 Å². The molecule has 9 heteroatoms. The Hall–Kier alpha value is -3.79. The lowest BCUT2D eigenvalue weighted by molar-refractivity contribution is 0.0737. The van der Waals surface area contributed by atoms with Gasteiger partial charge in [0.15, 0.2) is 0 Å². The Bertz CT molecular complexity index is 1420. The van der Waals surface area contributed by atoms with Crippen LogP contribution in [0.1, 0.15) is 62.5 Å². The van der Waals surface area contributed by atoms with E-state index in [-0.39, 0.29) is 17.9 Å². The van der Waals surface area contributed by atoms with E-state index in [1.165, 1.54) is 4.88 Å². The quantitative estimate of drug-likeness (QED) is 0.234. The van der Waals surface area contributed by atoms with Crippen LogP contribution in [0.3, 0.4) is 0 Å². The normalized spacial score (nSPS) is 16.4. The molecule has 214 valence electrons. The zero-order chi connectivity index (χ0) is 28.6. The first-order chi connectivity index (χ1) is 20.0. The first-order valence-corrected chi connectivity index (χ1v) is 15.1. The summed E-state index contributed by atoms with van der Waals surface area (Å²) in [5.41, 5.74) is 2.94. The van der Waals surface area contributed by atoms with E-state index < -0.39 is 12.1 Å². The Kier molecular flexibility index (Phi) is 9.61. The van der Waals surface area contributed by atoms with Crippen LogP contribution < -0.4 is 10.6 Å². The van der Waals surface area contributed by atoms with Crippen molar-refractivity contribution in [2.45, 2.75) is 57.5 Å². The van der Waals surface area contributed by atoms with Crippen LogP contribution in [0.5, 0.6) is 0 Å². The molecule has 41 heavy (non-hydrogen) atoms. The van der Waals surface area contributed by atoms with Gasteiger partial charge in [-0.25, -0.2) is 0 Å².